The molecule has 5 heteroatoms. The first kappa shape index (κ1) is 16.6. The van der Waals surface area contributed by atoms with E-state index in [1.54, 1.807) is 0 Å². The summed E-state index contributed by atoms with van der Waals surface area (Å²) in [5.74, 6) is 1.21. The number of aromatic nitrogens is 2. The van der Waals surface area contributed by atoms with E-state index in [1.807, 2.05) is 4.90 Å². The van der Waals surface area contributed by atoms with Gasteiger partial charge < -0.3 is 9.88 Å². The third kappa shape index (κ3) is 3.30. The number of H-pyrrole nitrogens is 1. The number of aromatic amines is 1. The van der Waals surface area contributed by atoms with Gasteiger partial charge in [-0.2, -0.15) is 0 Å². The molecule has 5 nitrogen and oxygen atoms in total. The number of nitrogens with zero attached hydrogens (tertiary/aromatic N) is 3. The fraction of sp³-hybridized carbons (Fsp3) is 0.600. The van der Waals surface area contributed by atoms with Crippen LogP contribution >= 0.6 is 0 Å². The summed E-state index contributed by atoms with van der Waals surface area (Å²) in [4.78, 5) is 25.5. The minimum Gasteiger partial charge on any atom is -0.340 e. The van der Waals surface area contributed by atoms with E-state index < -0.39 is 0 Å². The average Bonchev–Trinajstić information content (AvgIpc) is 3.22. The fourth-order valence-corrected chi connectivity index (χ4v) is 4.20. The van der Waals surface area contributed by atoms with Gasteiger partial charge in [0.25, 0.3) is 0 Å². The van der Waals surface area contributed by atoms with Crippen molar-refractivity contribution in [3.63, 3.8) is 0 Å². The molecular formula is C20H28N4O. The van der Waals surface area contributed by atoms with Gasteiger partial charge in [-0.1, -0.05) is 6.42 Å². The first-order valence-corrected chi connectivity index (χ1v) is 9.60. The van der Waals surface area contributed by atoms with Gasteiger partial charge in [-0.25, -0.2) is 4.98 Å². The Kier molecular flexibility index (Phi) is 4.50. The number of hydrogen-bond acceptors (Lipinski definition) is 3. The summed E-state index contributed by atoms with van der Waals surface area (Å²) in [5, 5.41) is 0. The van der Waals surface area contributed by atoms with E-state index in [0.717, 1.165) is 49.3 Å². The number of imidazole rings is 1. The van der Waals surface area contributed by atoms with Crippen molar-refractivity contribution in [3.8, 4) is 0 Å². The van der Waals surface area contributed by atoms with Gasteiger partial charge in [-0.05, 0) is 75.9 Å². The number of aryl methyl sites for hydroxylation is 2. The summed E-state index contributed by atoms with van der Waals surface area (Å²) in [6, 6.07) is 4.40. The third-order valence-electron chi connectivity index (χ3n) is 5.81. The molecule has 1 amide bonds. The van der Waals surface area contributed by atoms with Crippen LogP contribution in [0.5, 0.6) is 0 Å². The fourth-order valence-electron chi connectivity index (χ4n) is 4.20. The Hall–Kier alpha value is -1.88. The largest absolute Gasteiger partial charge is 0.340 e. The molecule has 1 aromatic carbocycles. The molecule has 1 aromatic heterocycles. The van der Waals surface area contributed by atoms with Crippen LogP contribution in [0.15, 0.2) is 12.1 Å². The molecule has 1 atom stereocenters. The molecule has 1 unspecified atom stereocenters. The SMILES string of the molecule is Cc1cc2nc(C3CCCN3C(=O)CN3CCCCC3)[nH]c2cc1C. The van der Waals surface area contributed by atoms with Crippen molar-refractivity contribution >= 4 is 16.9 Å². The topological polar surface area (TPSA) is 52.2 Å². The molecular weight excluding hydrogens is 312 g/mol. The number of piperidine rings is 1. The van der Waals surface area contributed by atoms with Crippen molar-refractivity contribution in [1.29, 1.82) is 0 Å². The van der Waals surface area contributed by atoms with Crippen molar-refractivity contribution in [3.05, 3.63) is 29.1 Å². The lowest BCUT2D eigenvalue weighted by Gasteiger charge is -2.30. The molecule has 2 aliphatic rings. The normalized spacial score (nSPS) is 22.0. The van der Waals surface area contributed by atoms with Gasteiger partial charge in [0.15, 0.2) is 0 Å². The molecule has 2 aromatic rings. The minimum atomic E-state index is 0.102. The lowest BCUT2D eigenvalue weighted by molar-refractivity contribution is -0.133. The van der Waals surface area contributed by atoms with Crippen LogP contribution in [0.25, 0.3) is 11.0 Å². The summed E-state index contributed by atoms with van der Waals surface area (Å²) >= 11 is 0. The molecule has 0 spiro atoms. The number of benzene rings is 1. The van der Waals surface area contributed by atoms with Gasteiger partial charge in [-0.3, -0.25) is 9.69 Å². The first-order chi connectivity index (χ1) is 12.1. The van der Waals surface area contributed by atoms with Crippen LogP contribution in [0, 0.1) is 13.8 Å². The zero-order valence-corrected chi connectivity index (χ0v) is 15.3. The van der Waals surface area contributed by atoms with Crippen molar-refractivity contribution in [1.82, 2.24) is 19.8 Å². The van der Waals surface area contributed by atoms with Gasteiger partial charge >= 0.3 is 0 Å². The zero-order chi connectivity index (χ0) is 17.4. The number of amides is 1. The Labute approximate surface area is 149 Å². The van der Waals surface area contributed by atoms with Gasteiger partial charge in [-0.15, -0.1) is 0 Å². The molecule has 1 N–H and O–H groups in total. The van der Waals surface area contributed by atoms with Gasteiger partial charge in [0.2, 0.25) is 5.91 Å². The van der Waals surface area contributed by atoms with Crippen LogP contribution in [0.2, 0.25) is 0 Å². The molecule has 2 aliphatic heterocycles. The quantitative estimate of drug-likeness (QED) is 0.932. The average molecular weight is 340 g/mol. The maximum absolute atomic E-state index is 12.9. The maximum atomic E-state index is 12.9. The van der Waals surface area contributed by atoms with Gasteiger partial charge in [0, 0.05) is 6.54 Å². The number of fused-ring (bicyclic) bond motifs is 1. The van der Waals surface area contributed by atoms with E-state index in [4.69, 9.17) is 4.98 Å². The molecule has 2 saturated heterocycles. The molecule has 134 valence electrons. The molecule has 2 fully saturated rings. The van der Waals surface area contributed by atoms with Crippen LogP contribution in [0.1, 0.15) is 55.1 Å². The number of likely N-dealkylation sites (tertiary alicyclic amines) is 2. The highest BCUT2D eigenvalue weighted by Gasteiger charge is 2.32. The molecule has 0 bridgehead atoms. The molecule has 4 rings (SSSR count). The Morgan fingerprint density at radius 3 is 2.68 bits per heavy atom. The summed E-state index contributed by atoms with van der Waals surface area (Å²) < 4.78 is 0. The molecule has 0 saturated carbocycles. The van der Waals surface area contributed by atoms with E-state index in [9.17, 15) is 4.79 Å². The van der Waals surface area contributed by atoms with E-state index in [1.165, 1.54) is 30.4 Å². The van der Waals surface area contributed by atoms with Crippen LogP contribution in [-0.2, 0) is 4.79 Å². The maximum Gasteiger partial charge on any atom is 0.237 e. The minimum absolute atomic E-state index is 0.102. The van der Waals surface area contributed by atoms with Crippen molar-refractivity contribution in [2.45, 2.75) is 52.0 Å². The van der Waals surface area contributed by atoms with Gasteiger partial charge in [0.05, 0.1) is 23.6 Å². The number of rotatable bonds is 3. The molecule has 3 heterocycles. The Balaban J connectivity index is 1.53. The summed E-state index contributed by atoms with van der Waals surface area (Å²) in [7, 11) is 0. The Morgan fingerprint density at radius 1 is 1.12 bits per heavy atom. The van der Waals surface area contributed by atoms with Gasteiger partial charge in [0.1, 0.15) is 5.82 Å². The van der Waals surface area contributed by atoms with E-state index in [0.29, 0.717) is 6.54 Å². The van der Waals surface area contributed by atoms with E-state index >= 15 is 0 Å². The summed E-state index contributed by atoms with van der Waals surface area (Å²) in [6.07, 6.45) is 5.81. The standard InChI is InChI=1S/C20H28N4O/c1-14-11-16-17(12-15(14)2)22-20(21-16)18-7-6-10-24(18)19(25)13-23-8-4-3-5-9-23/h11-12,18H,3-10,13H2,1-2H3,(H,21,22). The second-order valence-corrected chi connectivity index (χ2v) is 7.66. The summed E-state index contributed by atoms with van der Waals surface area (Å²) in [5.41, 5.74) is 4.61. The van der Waals surface area contributed by atoms with E-state index in [2.05, 4.69) is 35.9 Å². The van der Waals surface area contributed by atoms with Crippen molar-refractivity contribution in [2.75, 3.05) is 26.2 Å². The lowest BCUT2D eigenvalue weighted by Crippen LogP contribution is -2.42. The highest BCUT2D eigenvalue weighted by Crippen LogP contribution is 2.32. The smallest absolute Gasteiger partial charge is 0.237 e. The van der Waals surface area contributed by atoms with Crippen LogP contribution in [0.4, 0.5) is 0 Å². The number of carbonyl (C=O) groups excluding carboxylic acids is 1. The summed E-state index contributed by atoms with van der Waals surface area (Å²) in [6.45, 7) is 7.79. The highest BCUT2D eigenvalue weighted by atomic mass is 16.2. The molecule has 0 aliphatic carbocycles. The van der Waals surface area contributed by atoms with Crippen LogP contribution in [-0.4, -0.2) is 51.9 Å². The highest BCUT2D eigenvalue weighted by molar-refractivity contribution is 5.80. The predicted molar refractivity (Wildman–Crippen MR) is 99.5 cm³/mol. The van der Waals surface area contributed by atoms with Crippen molar-refractivity contribution in [2.24, 2.45) is 0 Å². The number of hydrogen-bond donors (Lipinski definition) is 1. The first-order valence-electron chi connectivity index (χ1n) is 9.60. The van der Waals surface area contributed by atoms with E-state index in [-0.39, 0.29) is 11.9 Å². The molecule has 25 heavy (non-hydrogen) atoms. The monoisotopic (exact) mass is 340 g/mol. The van der Waals surface area contributed by atoms with Crippen molar-refractivity contribution < 1.29 is 4.79 Å². The lowest BCUT2D eigenvalue weighted by atomic mass is 10.1. The Morgan fingerprint density at radius 2 is 1.88 bits per heavy atom. The van der Waals surface area contributed by atoms with Crippen LogP contribution in [0.3, 0.4) is 0 Å². The number of nitrogens with one attached hydrogen (secondary N) is 1. The third-order valence-corrected chi connectivity index (χ3v) is 5.81. The number of carbonyl (C=O) groups is 1. The Bertz CT molecular complexity index is 736. The predicted octanol–water partition coefficient (Wildman–Crippen LogP) is 3.33. The zero-order valence-electron chi connectivity index (χ0n) is 15.3. The second kappa shape index (κ2) is 6.79. The molecule has 0 radical (unpaired) electrons. The second-order valence-electron chi connectivity index (χ2n) is 7.66. The van der Waals surface area contributed by atoms with Crippen LogP contribution < -0.4 is 0 Å².